The van der Waals surface area contributed by atoms with Gasteiger partial charge in [-0.3, -0.25) is 0 Å². The Morgan fingerprint density at radius 2 is 1.88 bits per heavy atom. The van der Waals surface area contributed by atoms with Gasteiger partial charge in [0.05, 0.1) is 0 Å². The zero-order valence-electron chi connectivity index (χ0n) is 11.0. The van der Waals surface area contributed by atoms with Crippen molar-refractivity contribution in [2.45, 2.75) is 52.5 Å². The molecule has 1 rings (SSSR count). The largest absolute Gasteiger partial charge is 0.508 e. The van der Waals surface area contributed by atoms with Crippen LogP contribution in [0.5, 0.6) is 5.75 Å². The molecule has 0 aliphatic carbocycles. The van der Waals surface area contributed by atoms with E-state index in [1.54, 1.807) is 0 Å². The van der Waals surface area contributed by atoms with Crippen LogP contribution in [0.3, 0.4) is 0 Å². The van der Waals surface area contributed by atoms with Crippen LogP contribution < -0.4 is 5.73 Å². The summed E-state index contributed by atoms with van der Waals surface area (Å²) in [6.07, 6.45) is 0.856. The van der Waals surface area contributed by atoms with Crippen LogP contribution in [0, 0.1) is 6.92 Å². The highest BCUT2D eigenvalue weighted by molar-refractivity contribution is 5.45. The molecule has 0 aliphatic heterocycles. The second kappa shape index (κ2) is 4.46. The molecule has 2 nitrogen and oxygen atoms in total. The lowest BCUT2D eigenvalue weighted by Crippen LogP contribution is -2.19. The summed E-state index contributed by atoms with van der Waals surface area (Å²) in [5.41, 5.74) is 9.13. The summed E-state index contributed by atoms with van der Waals surface area (Å²) < 4.78 is 0. The Kier molecular flexibility index (Phi) is 3.64. The molecule has 2 heteroatoms. The van der Waals surface area contributed by atoms with Crippen LogP contribution in [0.1, 0.15) is 44.4 Å². The number of hydrogen-bond acceptors (Lipinski definition) is 2. The minimum Gasteiger partial charge on any atom is -0.508 e. The highest BCUT2D eigenvalue weighted by atomic mass is 16.3. The maximum atomic E-state index is 9.95. The molecule has 0 amide bonds. The average molecular weight is 221 g/mol. The van der Waals surface area contributed by atoms with Crippen molar-refractivity contribution in [2.75, 3.05) is 0 Å². The third kappa shape index (κ3) is 2.99. The molecule has 1 atom stereocenters. The summed E-state index contributed by atoms with van der Waals surface area (Å²) in [7, 11) is 0. The van der Waals surface area contributed by atoms with Crippen molar-refractivity contribution in [3.8, 4) is 5.75 Å². The van der Waals surface area contributed by atoms with Gasteiger partial charge in [-0.2, -0.15) is 0 Å². The molecule has 0 radical (unpaired) electrons. The van der Waals surface area contributed by atoms with Gasteiger partial charge in [0.2, 0.25) is 0 Å². The molecule has 1 aromatic carbocycles. The maximum Gasteiger partial charge on any atom is 0.119 e. The van der Waals surface area contributed by atoms with Gasteiger partial charge in [-0.15, -0.1) is 0 Å². The lowest BCUT2D eigenvalue weighted by molar-refractivity contribution is 0.445. The number of rotatable bonds is 2. The van der Waals surface area contributed by atoms with Gasteiger partial charge >= 0.3 is 0 Å². The Morgan fingerprint density at radius 1 is 1.31 bits per heavy atom. The summed E-state index contributed by atoms with van der Waals surface area (Å²) in [6.45, 7) is 10.3. The second-order valence-corrected chi connectivity index (χ2v) is 5.73. The first-order chi connectivity index (χ1) is 7.21. The SMILES string of the molecule is Cc1cc(O)c(C(C)(C)C)cc1CC(C)N. The molecular formula is C14H23NO. The zero-order chi connectivity index (χ0) is 12.5. The summed E-state index contributed by atoms with van der Waals surface area (Å²) in [4.78, 5) is 0. The first-order valence-corrected chi connectivity index (χ1v) is 5.80. The number of hydrogen-bond donors (Lipinski definition) is 2. The molecule has 1 unspecified atom stereocenters. The van der Waals surface area contributed by atoms with Crippen LogP contribution >= 0.6 is 0 Å². The summed E-state index contributed by atoms with van der Waals surface area (Å²) in [5.74, 6) is 0.387. The molecule has 0 spiro atoms. The van der Waals surface area contributed by atoms with Crippen molar-refractivity contribution in [3.63, 3.8) is 0 Å². The highest BCUT2D eigenvalue weighted by Crippen LogP contribution is 2.33. The van der Waals surface area contributed by atoms with Gasteiger partial charge in [0.15, 0.2) is 0 Å². The van der Waals surface area contributed by atoms with Crippen molar-refractivity contribution in [2.24, 2.45) is 5.73 Å². The van der Waals surface area contributed by atoms with Gasteiger partial charge in [0.25, 0.3) is 0 Å². The van der Waals surface area contributed by atoms with E-state index in [-0.39, 0.29) is 11.5 Å². The molecule has 0 heterocycles. The van der Waals surface area contributed by atoms with E-state index < -0.39 is 0 Å². The van der Waals surface area contributed by atoms with Crippen LogP contribution in [-0.4, -0.2) is 11.1 Å². The Bertz CT molecular complexity index is 375. The highest BCUT2D eigenvalue weighted by Gasteiger charge is 2.19. The molecule has 0 bridgehead atoms. The zero-order valence-corrected chi connectivity index (χ0v) is 11.0. The van der Waals surface area contributed by atoms with E-state index in [2.05, 4.69) is 26.8 Å². The lowest BCUT2D eigenvalue weighted by Gasteiger charge is -2.22. The third-order valence-electron chi connectivity index (χ3n) is 2.80. The van der Waals surface area contributed by atoms with E-state index in [0.717, 1.165) is 17.5 Å². The van der Waals surface area contributed by atoms with Gasteiger partial charge in [-0.25, -0.2) is 0 Å². The predicted octanol–water partition coefficient (Wildman–Crippen LogP) is 2.89. The minimum atomic E-state index is -0.0373. The van der Waals surface area contributed by atoms with E-state index >= 15 is 0 Å². The second-order valence-electron chi connectivity index (χ2n) is 5.73. The van der Waals surface area contributed by atoms with Crippen LogP contribution in [0.2, 0.25) is 0 Å². The molecule has 0 saturated heterocycles. The van der Waals surface area contributed by atoms with Gasteiger partial charge < -0.3 is 10.8 Å². The van der Waals surface area contributed by atoms with E-state index in [1.165, 1.54) is 5.56 Å². The first kappa shape index (κ1) is 13.0. The maximum absolute atomic E-state index is 9.95. The van der Waals surface area contributed by atoms with Crippen molar-refractivity contribution < 1.29 is 5.11 Å². The number of phenolic OH excluding ortho intramolecular Hbond substituents is 1. The third-order valence-corrected chi connectivity index (χ3v) is 2.80. The number of nitrogens with two attached hydrogens (primary N) is 1. The molecule has 3 N–H and O–H groups in total. The number of phenols is 1. The van der Waals surface area contributed by atoms with Crippen LogP contribution in [0.4, 0.5) is 0 Å². The van der Waals surface area contributed by atoms with E-state index in [9.17, 15) is 5.11 Å². The molecule has 0 fully saturated rings. The fourth-order valence-electron chi connectivity index (χ4n) is 1.91. The van der Waals surface area contributed by atoms with Gasteiger partial charge in [0.1, 0.15) is 5.75 Å². The summed E-state index contributed by atoms with van der Waals surface area (Å²) in [5, 5.41) is 9.95. The molecule has 0 aliphatic rings. The van der Waals surface area contributed by atoms with Crippen LogP contribution in [0.15, 0.2) is 12.1 Å². The fraction of sp³-hybridized carbons (Fsp3) is 0.571. The lowest BCUT2D eigenvalue weighted by atomic mass is 9.83. The number of aromatic hydroxyl groups is 1. The quantitative estimate of drug-likeness (QED) is 0.806. The Labute approximate surface area is 98.5 Å². The normalized spacial score (nSPS) is 13.9. The standard InChI is InChI=1S/C14H23NO/c1-9-6-13(16)12(14(3,4)5)8-11(9)7-10(2)15/h6,8,10,16H,7,15H2,1-5H3. The molecule has 1 aromatic rings. The van der Waals surface area contributed by atoms with E-state index in [0.29, 0.717) is 5.75 Å². The topological polar surface area (TPSA) is 46.2 Å². The number of aryl methyl sites for hydroxylation is 1. The Morgan fingerprint density at radius 3 is 2.31 bits per heavy atom. The average Bonchev–Trinajstić information content (AvgIpc) is 2.06. The molecule has 0 saturated carbocycles. The monoisotopic (exact) mass is 221 g/mol. The van der Waals surface area contributed by atoms with Crippen LogP contribution in [-0.2, 0) is 11.8 Å². The Balaban J connectivity index is 3.22. The fourth-order valence-corrected chi connectivity index (χ4v) is 1.91. The van der Waals surface area contributed by atoms with Gasteiger partial charge in [-0.05, 0) is 48.4 Å². The molecule has 0 aromatic heterocycles. The van der Waals surface area contributed by atoms with Crippen molar-refractivity contribution in [1.82, 2.24) is 0 Å². The van der Waals surface area contributed by atoms with Gasteiger partial charge in [-0.1, -0.05) is 26.8 Å². The summed E-state index contributed by atoms with van der Waals surface area (Å²) >= 11 is 0. The van der Waals surface area contributed by atoms with Crippen LogP contribution in [0.25, 0.3) is 0 Å². The smallest absolute Gasteiger partial charge is 0.119 e. The number of benzene rings is 1. The molecule has 90 valence electrons. The van der Waals surface area contributed by atoms with Crippen molar-refractivity contribution in [3.05, 3.63) is 28.8 Å². The molecular weight excluding hydrogens is 198 g/mol. The van der Waals surface area contributed by atoms with Gasteiger partial charge in [0, 0.05) is 6.04 Å². The van der Waals surface area contributed by atoms with E-state index in [4.69, 9.17) is 5.73 Å². The van der Waals surface area contributed by atoms with Crippen molar-refractivity contribution in [1.29, 1.82) is 0 Å². The Hall–Kier alpha value is -1.02. The molecule has 16 heavy (non-hydrogen) atoms. The first-order valence-electron chi connectivity index (χ1n) is 5.80. The predicted molar refractivity (Wildman–Crippen MR) is 68.9 cm³/mol. The minimum absolute atomic E-state index is 0.0373. The summed E-state index contributed by atoms with van der Waals surface area (Å²) in [6, 6.07) is 4.09. The van der Waals surface area contributed by atoms with Crippen molar-refractivity contribution >= 4 is 0 Å². The van der Waals surface area contributed by atoms with E-state index in [1.807, 2.05) is 19.9 Å².